The molecule has 0 unspecified atom stereocenters. The second-order valence-electron chi connectivity index (χ2n) is 8.52. The Hall–Kier alpha value is -1.45. The molecule has 0 saturated carbocycles. The van der Waals surface area contributed by atoms with Crippen molar-refractivity contribution < 1.29 is 18.5 Å². The molecule has 2 rings (SSSR count). The van der Waals surface area contributed by atoms with Crippen LogP contribution in [0, 0.1) is 13.8 Å². The predicted octanol–water partition coefficient (Wildman–Crippen LogP) is 5.69. The summed E-state index contributed by atoms with van der Waals surface area (Å²) in [4.78, 5) is 10.1. The Kier molecular flexibility index (Phi) is 6.70. The second kappa shape index (κ2) is 8.28. The summed E-state index contributed by atoms with van der Waals surface area (Å²) in [6.45, 7) is 12.2. The number of hydrogen-bond acceptors (Lipinski definition) is 3. The van der Waals surface area contributed by atoms with Gasteiger partial charge in [0.05, 0.1) is 13.2 Å². The van der Waals surface area contributed by atoms with Crippen molar-refractivity contribution in [1.29, 1.82) is 0 Å². The predicted molar refractivity (Wildman–Crippen MR) is 110 cm³/mol. The average molecular weight is 390 g/mol. The van der Waals surface area contributed by atoms with E-state index in [1.54, 1.807) is 0 Å². The van der Waals surface area contributed by atoms with E-state index in [2.05, 4.69) is 0 Å². The van der Waals surface area contributed by atoms with Gasteiger partial charge < -0.3 is 4.89 Å². The van der Waals surface area contributed by atoms with Gasteiger partial charge in [-0.15, -0.1) is 0 Å². The SMILES string of the molecule is Cc1ccc(C(C)(C)COP(=O)(O)OCC(C)(C)c2ccc(C)cc2)cc1. The van der Waals surface area contributed by atoms with Crippen LogP contribution in [0.2, 0.25) is 0 Å². The van der Waals surface area contributed by atoms with E-state index >= 15 is 0 Å². The molecule has 0 heterocycles. The molecular weight excluding hydrogens is 359 g/mol. The van der Waals surface area contributed by atoms with Crippen molar-refractivity contribution in [2.75, 3.05) is 13.2 Å². The Labute approximate surface area is 163 Å². The van der Waals surface area contributed by atoms with Crippen molar-refractivity contribution in [1.82, 2.24) is 0 Å². The minimum absolute atomic E-state index is 0.0921. The largest absolute Gasteiger partial charge is 0.472 e. The number of rotatable bonds is 8. The molecule has 0 radical (unpaired) electrons. The van der Waals surface area contributed by atoms with E-state index in [0.29, 0.717) is 0 Å². The maximum Gasteiger partial charge on any atom is 0.472 e. The van der Waals surface area contributed by atoms with Gasteiger partial charge in [-0.3, -0.25) is 9.05 Å². The van der Waals surface area contributed by atoms with Gasteiger partial charge in [-0.2, -0.15) is 0 Å². The summed E-state index contributed by atoms with van der Waals surface area (Å²) >= 11 is 0. The molecule has 0 saturated heterocycles. The van der Waals surface area contributed by atoms with Crippen LogP contribution in [-0.2, 0) is 24.4 Å². The smallest absolute Gasteiger partial charge is 0.302 e. The summed E-state index contributed by atoms with van der Waals surface area (Å²) in [5.41, 5.74) is 3.64. The normalized spacial score (nSPS) is 13.0. The summed E-state index contributed by atoms with van der Waals surface area (Å²) in [6, 6.07) is 16.2. The van der Waals surface area contributed by atoms with Crippen LogP contribution in [-0.4, -0.2) is 18.1 Å². The average Bonchev–Trinajstić information content (AvgIpc) is 2.60. The molecule has 0 fully saturated rings. The van der Waals surface area contributed by atoms with Gasteiger partial charge in [0.15, 0.2) is 0 Å². The molecule has 0 bridgehead atoms. The molecule has 0 aliphatic rings. The zero-order chi connectivity index (χ0) is 20.3. The fourth-order valence-corrected chi connectivity index (χ4v) is 3.75. The maximum atomic E-state index is 12.4. The van der Waals surface area contributed by atoms with Crippen LogP contribution in [0.4, 0.5) is 0 Å². The summed E-state index contributed by atoms with van der Waals surface area (Å²) in [5.74, 6) is 0. The fraction of sp³-hybridized carbons (Fsp3) is 0.455. The molecule has 27 heavy (non-hydrogen) atoms. The molecule has 4 nitrogen and oxygen atoms in total. The van der Waals surface area contributed by atoms with E-state index in [1.165, 1.54) is 11.1 Å². The topological polar surface area (TPSA) is 55.8 Å². The highest BCUT2D eigenvalue weighted by Gasteiger charge is 2.31. The van der Waals surface area contributed by atoms with Crippen molar-refractivity contribution in [2.45, 2.75) is 52.4 Å². The van der Waals surface area contributed by atoms with Crippen LogP contribution in [0.15, 0.2) is 48.5 Å². The quantitative estimate of drug-likeness (QED) is 0.588. The lowest BCUT2D eigenvalue weighted by molar-refractivity contribution is 0.111. The monoisotopic (exact) mass is 390 g/mol. The minimum atomic E-state index is -4.15. The molecule has 0 amide bonds. The lowest BCUT2D eigenvalue weighted by Crippen LogP contribution is -2.26. The first-order valence-electron chi connectivity index (χ1n) is 9.17. The lowest BCUT2D eigenvalue weighted by Gasteiger charge is -2.28. The van der Waals surface area contributed by atoms with Crippen molar-refractivity contribution in [3.63, 3.8) is 0 Å². The maximum absolute atomic E-state index is 12.4. The molecule has 1 N–H and O–H groups in total. The highest BCUT2D eigenvalue weighted by atomic mass is 31.2. The van der Waals surface area contributed by atoms with E-state index in [-0.39, 0.29) is 13.2 Å². The third-order valence-corrected chi connectivity index (χ3v) is 5.75. The Balaban J connectivity index is 1.96. The second-order valence-corrected chi connectivity index (χ2v) is 9.97. The molecule has 0 aromatic heterocycles. The van der Waals surface area contributed by atoms with Gasteiger partial charge in [0.25, 0.3) is 0 Å². The van der Waals surface area contributed by atoms with Gasteiger partial charge >= 0.3 is 7.82 Å². The van der Waals surface area contributed by atoms with Crippen LogP contribution >= 0.6 is 7.82 Å². The number of phosphoric ester groups is 1. The Morgan fingerprint density at radius 3 is 1.33 bits per heavy atom. The van der Waals surface area contributed by atoms with Crippen LogP contribution in [0.3, 0.4) is 0 Å². The number of phosphoric acid groups is 1. The van der Waals surface area contributed by atoms with E-state index in [0.717, 1.165) is 11.1 Å². The van der Waals surface area contributed by atoms with Crippen LogP contribution < -0.4 is 0 Å². The van der Waals surface area contributed by atoms with Crippen LogP contribution in [0.1, 0.15) is 49.9 Å². The van der Waals surface area contributed by atoms with E-state index in [1.807, 2.05) is 90.1 Å². The van der Waals surface area contributed by atoms with Gasteiger partial charge in [-0.05, 0) is 25.0 Å². The summed E-state index contributed by atoms with van der Waals surface area (Å²) < 4.78 is 23.0. The molecule has 0 aliphatic heterocycles. The van der Waals surface area contributed by atoms with Gasteiger partial charge in [-0.1, -0.05) is 87.4 Å². The highest BCUT2D eigenvalue weighted by Crippen LogP contribution is 2.46. The molecule has 0 aliphatic carbocycles. The number of hydrogen-bond donors (Lipinski definition) is 1. The first-order chi connectivity index (χ1) is 12.4. The number of benzene rings is 2. The summed E-state index contributed by atoms with van der Waals surface area (Å²) in [6.07, 6.45) is 0. The minimum Gasteiger partial charge on any atom is -0.302 e. The molecule has 5 heteroatoms. The Morgan fingerprint density at radius 1 is 0.741 bits per heavy atom. The first-order valence-corrected chi connectivity index (χ1v) is 10.7. The third kappa shape index (κ3) is 6.29. The standard InChI is InChI=1S/C22H31O4P/c1-17-7-11-19(12-8-17)21(3,4)15-25-27(23,24)26-16-22(5,6)20-13-9-18(2)10-14-20/h7-14H,15-16H2,1-6H3,(H,23,24). The van der Waals surface area contributed by atoms with Crippen molar-refractivity contribution in [2.24, 2.45) is 0 Å². The molecule has 0 atom stereocenters. The third-order valence-electron chi connectivity index (χ3n) is 4.84. The number of aryl methyl sites for hydroxylation is 2. The zero-order valence-electron chi connectivity index (χ0n) is 17.2. The van der Waals surface area contributed by atoms with Gasteiger partial charge in [0, 0.05) is 10.8 Å². The molecule has 0 spiro atoms. The molecular formula is C22H31O4P. The van der Waals surface area contributed by atoms with E-state index < -0.39 is 18.7 Å². The first kappa shape index (κ1) is 21.8. The van der Waals surface area contributed by atoms with Crippen LogP contribution in [0.25, 0.3) is 0 Å². The van der Waals surface area contributed by atoms with Crippen molar-refractivity contribution in [3.05, 3.63) is 70.8 Å². The van der Waals surface area contributed by atoms with Gasteiger partial charge in [0.1, 0.15) is 0 Å². The molecule has 148 valence electrons. The van der Waals surface area contributed by atoms with Crippen LogP contribution in [0.5, 0.6) is 0 Å². The molecule has 2 aromatic rings. The summed E-state index contributed by atoms with van der Waals surface area (Å²) in [5, 5.41) is 0. The van der Waals surface area contributed by atoms with Gasteiger partial charge in [-0.25, -0.2) is 4.57 Å². The van der Waals surface area contributed by atoms with Gasteiger partial charge in [0.2, 0.25) is 0 Å². The Bertz CT molecular complexity index is 727. The zero-order valence-corrected chi connectivity index (χ0v) is 18.0. The van der Waals surface area contributed by atoms with E-state index in [4.69, 9.17) is 9.05 Å². The lowest BCUT2D eigenvalue weighted by atomic mass is 9.85. The van der Waals surface area contributed by atoms with Crippen molar-refractivity contribution in [3.8, 4) is 0 Å². The summed E-state index contributed by atoms with van der Waals surface area (Å²) in [7, 11) is -4.15. The van der Waals surface area contributed by atoms with Crippen molar-refractivity contribution >= 4 is 7.82 Å². The highest BCUT2D eigenvalue weighted by molar-refractivity contribution is 7.47. The fourth-order valence-electron chi connectivity index (χ4n) is 2.70. The molecule has 2 aromatic carbocycles. The Morgan fingerprint density at radius 2 is 1.04 bits per heavy atom. The van der Waals surface area contributed by atoms with E-state index in [9.17, 15) is 9.46 Å².